The molecular weight excluding hydrogens is 226 g/mol. The van der Waals surface area contributed by atoms with E-state index in [9.17, 15) is 4.79 Å². The summed E-state index contributed by atoms with van der Waals surface area (Å²) in [6, 6.07) is 9.73. The molecule has 1 aliphatic rings. The normalized spacial score (nSPS) is 19.4. The molecule has 1 atom stereocenters. The van der Waals surface area contributed by atoms with Crippen molar-refractivity contribution in [3.05, 3.63) is 35.9 Å². The van der Waals surface area contributed by atoms with Crippen LogP contribution in [0.15, 0.2) is 30.3 Å². The van der Waals surface area contributed by atoms with Gasteiger partial charge in [-0.25, -0.2) is 0 Å². The lowest BCUT2D eigenvalue weighted by Gasteiger charge is -2.22. The SMILES string of the molecule is O=C(Cc1ccccc1)OCC[C@@H]1CCCNC1. The Morgan fingerprint density at radius 3 is 2.89 bits per heavy atom. The van der Waals surface area contributed by atoms with Gasteiger partial charge in [0.15, 0.2) is 0 Å². The lowest BCUT2D eigenvalue weighted by molar-refractivity contribution is -0.143. The summed E-state index contributed by atoms with van der Waals surface area (Å²) in [7, 11) is 0. The summed E-state index contributed by atoms with van der Waals surface area (Å²) in [5.74, 6) is 0.549. The van der Waals surface area contributed by atoms with Crippen molar-refractivity contribution in [1.82, 2.24) is 5.32 Å². The van der Waals surface area contributed by atoms with E-state index in [1.165, 1.54) is 12.8 Å². The summed E-state index contributed by atoms with van der Waals surface area (Å²) >= 11 is 0. The van der Waals surface area contributed by atoms with Gasteiger partial charge >= 0.3 is 5.97 Å². The van der Waals surface area contributed by atoms with E-state index in [1.54, 1.807) is 0 Å². The fourth-order valence-corrected chi connectivity index (χ4v) is 2.32. The van der Waals surface area contributed by atoms with Crippen molar-refractivity contribution in [2.24, 2.45) is 5.92 Å². The molecule has 2 rings (SSSR count). The van der Waals surface area contributed by atoms with Gasteiger partial charge in [-0.1, -0.05) is 30.3 Å². The third-order valence-electron chi connectivity index (χ3n) is 3.38. The molecule has 1 fully saturated rings. The van der Waals surface area contributed by atoms with E-state index in [0.29, 0.717) is 18.9 Å². The zero-order valence-electron chi connectivity index (χ0n) is 10.7. The van der Waals surface area contributed by atoms with Crippen molar-refractivity contribution in [3.63, 3.8) is 0 Å². The minimum Gasteiger partial charge on any atom is -0.465 e. The van der Waals surface area contributed by atoms with Gasteiger partial charge in [-0.15, -0.1) is 0 Å². The fourth-order valence-electron chi connectivity index (χ4n) is 2.32. The van der Waals surface area contributed by atoms with Crippen LogP contribution in [0.5, 0.6) is 0 Å². The van der Waals surface area contributed by atoms with Crippen LogP contribution in [0.4, 0.5) is 0 Å². The molecule has 1 saturated heterocycles. The lowest BCUT2D eigenvalue weighted by Crippen LogP contribution is -2.30. The second-order valence-electron chi connectivity index (χ2n) is 4.88. The maximum Gasteiger partial charge on any atom is 0.310 e. The van der Waals surface area contributed by atoms with E-state index >= 15 is 0 Å². The second kappa shape index (κ2) is 7.17. The number of nitrogens with one attached hydrogen (secondary N) is 1. The monoisotopic (exact) mass is 247 g/mol. The van der Waals surface area contributed by atoms with Gasteiger partial charge in [-0.3, -0.25) is 4.79 Å². The summed E-state index contributed by atoms with van der Waals surface area (Å²) in [6.45, 7) is 2.75. The summed E-state index contributed by atoms with van der Waals surface area (Å²) < 4.78 is 5.28. The molecule has 0 amide bonds. The Balaban J connectivity index is 1.62. The molecule has 0 unspecified atom stereocenters. The highest BCUT2D eigenvalue weighted by atomic mass is 16.5. The molecular formula is C15H21NO2. The van der Waals surface area contributed by atoms with Crippen molar-refractivity contribution < 1.29 is 9.53 Å². The lowest BCUT2D eigenvalue weighted by atomic mass is 9.97. The van der Waals surface area contributed by atoms with E-state index in [-0.39, 0.29) is 5.97 Å². The smallest absolute Gasteiger partial charge is 0.310 e. The zero-order valence-corrected chi connectivity index (χ0v) is 10.7. The zero-order chi connectivity index (χ0) is 12.6. The van der Waals surface area contributed by atoms with Crippen LogP contribution in [-0.2, 0) is 16.0 Å². The highest BCUT2D eigenvalue weighted by molar-refractivity contribution is 5.72. The molecule has 3 nitrogen and oxygen atoms in total. The first-order chi connectivity index (χ1) is 8.84. The average molecular weight is 247 g/mol. The van der Waals surface area contributed by atoms with E-state index < -0.39 is 0 Å². The maximum absolute atomic E-state index is 11.6. The van der Waals surface area contributed by atoms with E-state index in [2.05, 4.69) is 5.32 Å². The third kappa shape index (κ3) is 4.49. The molecule has 0 saturated carbocycles. The highest BCUT2D eigenvalue weighted by Gasteiger charge is 2.13. The molecule has 0 spiro atoms. The van der Waals surface area contributed by atoms with Gasteiger partial charge in [0.05, 0.1) is 13.0 Å². The predicted octanol–water partition coefficient (Wildman–Crippen LogP) is 2.16. The summed E-state index contributed by atoms with van der Waals surface area (Å²) in [6.07, 6.45) is 3.85. The van der Waals surface area contributed by atoms with E-state index in [0.717, 1.165) is 25.1 Å². The van der Waals surface area contributed by atoms with Crippen LogP contribution < -0.4 is 5.32 Å². The number of rotatable bonds is 5. The molecule has 1 aromatic rings. The molecule has 1 heterocycles. The number of carbonyl (C=O) groups excluding carboxylic acids is 1. The van der Waals surface area contributed by atoms with Crippen molar-refractivity contribution in [1.29, 1.82) is 0 Å². The Hall–Kier alpha value is -1.35. The minimum absolute atomic E-state index is 0.120. The van der Waals surface area contributed by atoms with Gasteiger partial charge in [0.2, 0.25) is 0 Å². The van der Waals surface area contributed by atoms with Crippen molar-refractivity contribution >= 4 is 5.97 Å². The van der Waals surface area contributed by atoms with E-state index in [1.807, 2.05) is 30.3 Å². The number of hydrogen-bond donors (Lipinski definition) is 1. The van der Waals surface area contributed by atoms with Crippen molar-refractivity contribution in [3.8, 4) is 0 Å². The fraction of sp³-hybridized carbons (Fsp3) is 0.533. The summed E-state index contributed by atoms with van der Waals surface area (Å²) in [5.41, 5.74) is 1.02. The molecule has 1 aromatic carbocycles. The molecule has 3 heteroatoms. The molecule has 0 bridgehead atoms. The molecule has 1 aliphatic heterocycles. The highest BCUT2D eigenvalue weighted by Crippen LogP contribution is 2.13. The average Bonchev–Trinajstić information content (AvgIpc) is 2.41. The first-order valence-corrected chi connectivity index (χ1v) is 6.75. The van der Waals surface area contributed by atoms with Crippen LogP contribution in [0.3, 0.4) is 0 Å². The van der Waals surface area contributed by atoms with Crippen LogP contribution in [-0.4, -0.2) is 25.7 Å². The Morgan fingerprint density at radius 2 is 2.17 bits per heavy atom. The largest absolute Gasteiger partial charge is 0.465 e. The second-order valence-corrected chi connectivity index (χ2v) is 4.88. The van der Waals surface area contributed by atoms with Gasteiger partial charge < -0.3 is 10.1 Å². The van der Waals surface area contributed by atoms with Gasteiger partial charge in [0.25, 0.3) is 0 Å². The first-order valence-electron chi connectivity index (χ1n) is 6.75. The quantitative estimate of drug-likeness (QED) is 0.810. The Morgan fingerprint density at radius 1 is 1.33 bits per heavy atom. The Labute approximate surface area is 109 Å². The number of ether oxygens (including phenoxy) is 1. The van der Waals surface area contributed by atoms with Gasteiger partial charge in [0.1, 0.15) is 0 Å². The molecule has 18 heavy (non-hydrogen) atoms. The molecule has 1 N–H and O–H groups in total. The standard InChI is InChI=1S/C15H21NO2/c17-15(11-13-5-2-1-3-6-13)18-10-8-14-7-4-9-16-12-14/h1-3,5-6,14,16H,4,7-12H2/t14-/m0/s1. The molecule has 0 aliphatic carbocycles. The van der Waals surface area contributed by atoms with Crippen LogP contribution in [0.2, 0.25) is 0 Å². The minimum atomic E-state index is -0.120. The molecule has 98 valence electrons. The van der Waals surface area contributed by atoms with Gasteiger partial charge in [0, 0.05) is 0 Å². The molecule has 0 radical (unpaired) electrons. The number of benzene rings is 1. The van der Waals surface area contributed by atoms with Crippen LogP contribution in [0.25, 0.3) is 0 Å². The third-order valence-corrected chi connectivity index (χ3v) is 3.38. The Kier molecular flexibility index (Phi) is 5.21. The Bertz CT molecular complexity index is 358. The van der Waals surface area contributed by atoms with Crippen LogP contribution in [0.1, 0.15) is 24.8 Å². The van der Waals surface area contributed by atoms with Gasteiger partial charge in [-0.05, 0) is 43.8 Å². The predicted molar refractivity (Wildman–Crippen MR) is 71.3 cm³/mol. The number of carbonyl (C=O) groups is 1. The maximum atomic E-state index is 11.6. The number of esters is 1. The van der Waals surface area contributed by atoms with Gasteiger partial charge in [-0.2, -0.15) is 0 Å². The number of hydrogen-bond acceptors (Lipinski definition) is 3. The van der Waals surface area contributed by atoms with Crippen LogP contribution in [0, 0.1) is 5.92 Å². The first kappa shape index (κ1) is 13.1. The number of piperidine rings is 1. The van der Waals surface area contributed by atoms with Crippen molar-refractivity contribution in [2.45, 2.75) is 25.7 Å². The van der Waals surface area contributed by atoms with Crippen molar-refractivity contribution in [2.75, 3.05) is 19.7 Å². The van der Waals surface area contributed by atoms with Crippen LogP contribution >= 0.6 is 0 Å². The topological polar surface area (TPSA) is 38.3 Å². The van der Waals surface area contributed by atoms with E-state index in [4.69, 9.17) is 4.74 Å². The molecule has 0 aromatic heterocycles. The summed E-state index contributed by atoms with van der Waals surface area (Å²) in [5, 5.41) is 3.37. The summed E-state index contributed by atoms with van der Waals surface area (Å²) in [4.78, 5) is 11.6.